The minimum Gasteiger partial charge on any atom is -0.492 e. The first-order valence-electron chi connectivity index (χ1n) is 10.8. The molecule has 7 nitrogen and oxygen atoms in total. The minimum atomic E-state index is -0.471. The molecule has 1 heterocycles. The van der Waals surface area contributed by atoms with E-state index in [1.165, 1.54) is 14.0 Å². The van der Waals surface area contributed by atoms with Gasteiger partial charge in [0.15, 0.2) is 11.4 Å². The molecule has 3 aromatic rings. The molecule has 0 atom stereocenters. The Morgan fingerprint density at radius 2 is 1.80 bits per heavy atom. The Morgan fingerprint density at radius 1 is 1.11 bits per heavy atom. The van der Waals surface area contributed by atoms with Crippen molar-refractivity contribution in [2.75, 3.05) is 13.7 Å². The monoisotopic (exact) mass is 512 g/mol. The Labute approximate surface area is 214 Å². The number of halogens is 2. The molecule has 9 heteroatoms. The molecule has 182 valence electrons. The van der Waals surface area contributed by atoms with E-state index >= 15 is 0 Å². The average molecular weight is 513 g/mol. The third-order valence-corrected chi connectivity index (χ3v) is 5.26. The van der Waals surface area contributed by atoms with E-state index in [4.69, 9.17) is 27.9 Å². The van der Waals surface area contributed by atoms with E-state index in [1.807, 2.05) is 32.9 Å². The standard InChI is InChI=1S/C26H26Cl2N4O3/c1-16(33)29-14-6-7-17-8-13-21(20(28)15-17)32-23(18-9-11-19(27)12-10-18)24(35-5)22(31-32)25(34)30-26(2,3)4/h8-13,15H,14H2,1-5H3,(H,29,33)(H,30,34). The summed E-state index contributed by atoms with van der Waals surface area (Å²) in [5.74, 6) is 5.62. The highest BCUT2D eigenvalue weighted by Crippen LogP contribution is 2.37. The van der Waals surface area contributed by atoms with Gasteiger partial charge in [-0.2, -0.15) is 5.10 Å². The molecule has 0 saturated carbocycles. The predicted octanol–water partition coefficient (Wildman–Crippen LogP) is 4.87. The van der Waals surface area contributed by atoms with E-state index in [1.54, 1.807) is 35.0 Å². The molecule has 0 bridgehead atoms. The van der Waals surface area contributed by atoms with Gasteiger partial charge in [-0.25, -0.2) is 4.68 Å². The first-order chi connectivity index (χ1) is 16.5. The van der Waals surface area contributed by atoms with Crippen LogP contribution in [0.3, 0.4) is 0 Å². The third-order valence-electron chi connectivity index (χ3n) is 4.70. The van der Waals surface area contributed by atoms with Crippen molar-refractivity contribution in [3.63, 3.8) is 0 Å². The van der Waals surface area contributed by atoms with E-state index in [-0.39, 0.29) is 24.1 Å². The van der Waals surface area contributed by atoms with E-state index < -0.39 is 5.54 Å². The fourth-order valence-corrected chi connectivity index (χ4v) is 3.64. The van der Waals surface area contributed by atoms with Crippen molar-refractivity contribution in [3.05, 3.63) is 63.8 Å². The second-order valence-electron chi connectivity index (χ2n) is 8.73. The minimum absolute atomic E-state index is 0.127. The summed E-state index contributed by atoms with van der Waals surface area (Å²) in [6, 6.07) is 12.4. The van der Waals surface area contributed by atoms with Gasteiger partial charge < -0.3 is 15.4 Å². The number of hydrogen-bond donors (Lipinski definition) is 2. The van der Waals surface area contributed by atoms with Gasteiger partial charge in [0.05, 0.1) is 24.4 Å². The number of nitrogens with one attached hydrogen (secondary N) is 2. The molecule has 1 aromatic heterocycles. The zero-order valence-corrected chi connectivity index (χ0v) is 21.6. The number of ether oxygens (including phenoxy) is 1. The third kappa shape index (κ3) is 6.56. The van der Waals surface area contributed by atoms with Crippen LogP contribution >= 0.6 is 23.2 Å². The maximum Gasteiger partial charge on any atom is 0.276 e. The van der Waals surface area contributed by atoms with Crippen molar-refractivity contribution in [2.24, 2.45) is 0 Å². The Kier molecular flexibility index (Phi) is 8.11. The van der Waals surface area contributed by atoms with Crippen LogP contribution in [0.25, 0.3) is 16.9 Å². The van der Waals surface area contributed by atoms with Gasteiger partial charge >= 0.3 is 0 Å². The van der Waals surface area contributed by atoms with Crippen LogP contribution in [-0.4, -0.2) is 40.8 Å². The van der Waals surface area contributed by atoms with E-state index in [0.717, 1.165) is 5.56 Å². The topological polar surface area (TPSA) is 85.2 Å². The first-order valence-corrected chi connectivity index (χ1v) is 11.5. The smallest absolute Gasteiger partial charge is 0.276 e. The number of carbonyl (C=O) groups is 2. The lowest BCUT2D eigenvalue weighted by Gasteiger charge is -2.19. The number of amides is 2. The fourth-order valence-electron chi connectivity index (χ4n) is 3.25. The quantitative estimate of drug-likeness (QED) is 0.477. The van der Waals surface area contributed by atoms with Crippen molar-refractivity contribution in [1.29, 1.82) is 0 Å². The highest BCUT2D eigenvalue weighted by molar-refractivity contribution is 6.32. The van der Waals surface area contributed by atoms with Gasteiger partial charge in [-0.15, -0.1) is 0 Å². The number of nitrogens with zero attached hydrogens (tertiary/aromatic N) is 2. The van der Waals surface area contributed by atoms with Gasteiger partial charge in [-0.05, 0) is 51.1 Å². The Hall–Kier alpha value is -3.47. The van der Waals surface area contributed by atoms with E-state index in [2.05, 4.69) is 27.6 Å². The zero-order chi connectivity index (χ0) is 25.8. The van der Waals surface area contributed by atoms with Crippen LogP contribution in [0, 0.1) is 11.8 Å². The number of benzene rings is 2. The fraction of sp³-hybridized carbons (Fsp3) is 0.269. The molecular formula is C26H26Cl2N4O3. The van der Waals surface area contributed by atoms with Crippen molar-refractivity contribution >= 4 is 35.0 Å². The first kappa shape index (κ1) is 26.1. The molecule has 0 unspecified atom stereocenters. The van der Waals surface area contributed by atoms with Gasteiger partial charge in [-0.3, -0.25) is 9.59 Å². The zero-order valence-electron chi connectivity index (χ0n) is 20.1. The Morgan fingerprint density at radius 3 is 2.37 bits per heavy atom. The molecule has 0 radical (unpaired) electrons. The molecule has 2 aromatic carbocycles. The molecule has 0 aliphatic rings. The van der Waals surface area contributed by atoms with Crippen LogP contribution in [0.4, 0.5) is 0 Å². The van der Waals surface area contributed by atoms with Gasteiger partial charge in [0, 0.05) is 28.6 Å². The van der Waals surface area contributed by atoms with Crippen LogP contribution in [0.2, 0.25) is 10.0 Å². The van der Waals surface area contributed by atoms with E-state index in [0.29, 0.717) is 32.7 Å². The van der Waals surface area contributed by atoms with Crippen LogP contribution < -0.4 is 15.4 Å². The van der Waals surface area contributed by atoms with Crippen LogP contribution in [-0.2, 0) is 4.79 Å². The molecule has 35 heavy (non-hydrogen) atoms. The Balaban J connectivity index is 2.14. The van der Waals surface area contributed by atoms with Crippen LogP contribution in [0.5, 0.6) is 5.75 Å². The predicted molar refractivity (Wildman–Crippen MR) is 138 cm³/mol. The van der Waals surface area contributed by atoms with Crippen molar-refractivity contribution in [2.45, 2.75) is 33.2 Å². The highest BCUT2D eigenvalue weighted by atomic mass is 35.5. The van der Waals surface area contributed by atoms with Gasteiger partial charge in [0.25, 0.3) is 5.91 Å². The molecule has 0 aliphatic heterocycles. The van der Waals surface area contributed by atoms with Crippen LogP contribution in [0.1, 0.15) is 43.7 Å². The summed E-state index contributed by atoms with van der Waals surface area (Å²) < 4.78 is 7.25. The molecule has 0 spiro atoms. The summed E-state index contributed by atoms with van der Waals surface area (Å²) in [5.41, 5.74) is 2.15. The summed E-state index contributed by atoms with van der Waals surface area (Å²) in [5, 5.41) is 11.1. The lowest BCUT2D eigenvalue weighted by Crippen LogP contribution is -2.40. The van der Waals surface area contributed by atoms with Gasteiger partial charge in [0.2, 0.25) is 5.91 Å². The maximum absolute atomic E-state index is 13.1. The normalized spacial score (nSPS) is 10.8. The molecular weight excluding hydrogens is 487 g/mol. The largest absolute Gasteiger partial charge is 0.492 e. The molecule has 2 amide bonds. The van der Waals surface area contributed by atoms with Gasteiger partial charge in [-0.1, -0.05) is 47.2 Å². The average Bonchev–Trinajstić information content (AvgIpc) is 3.15. The summed E-state index contributed by atoms with van der Waals surface area (Å²) in [6.45, 7) is 7.32. The molecule has 3 rings (SSSR count). The van der Waals surface area contributed by atoms with Gasteiger partial charge in [0.1, 0.15) is 5.69 Å². The van der Waals surface area contributed by atoms with Crippen molar-refractivity contribution in [1.82, 2.24) is 20.4 Å². The number of rotatable bonds is 5. The summed E-state index contributed by atoms with van der Waals surface area (Å²) >= 11 is 12.7. The number of carbonyl (C=O) groups excluding carboxylic acids is 2. The summed E-state index contributed by atoms with van der Waals surface area (Å²) in [4.78, 5) is 24.1. The second kappa shape index (κ2) is 10.9. The number of hydrogen-bond acceptors (Lipinski definition) is 4. The van der Waals surface area contributed by atoms with Crippen molar-refractivity contribution < 1.29 is 14.3 Å². The number of aromatic nitrogens is 2. The Bertz CT molecular complexity index is 1310. The maximum atomic E-state index is 13.1. The lowest BCUT2D eigenvalue weighted by molar-refractivity contribution is -0.118. The van der Waals surface area contributed by atoms with Crippen LogP contribution in [0.15, 0.2) is 42.5 Å². The second-order valence-corrected chi connectivity index (χ2v) is 9.57. The molecule has 2 N–H and O–H groups in total. The molecule has 0 aliphatic carbocycles. The van der Waals surface area contributed by atoms with E-state index in [9.17, 15) is 9.59 Å². The SMILES string of the molecule is COc1c(C(=O)NC(C)(C)C)nn(-c2ccc(C#CCNC(C)=O)cc2Cl)c1-c1ccc(Cl)cc1. The lowest BCUT2D eigenvalue weighted by atomic mass is 10.1. The molecule has 0 fully saturated rings. The summed E-state index contributed by atoms with van der Waals surface area (Å²) in [7, 11) is 1.49. The summed E-state index contributed by atoms with van der Waals surface area (Å²) in [6.07, 6.45) is 0. The molecule has 0 saturated heterocycles. The van der Waals surface area contributed by atoms with Crippen molar-refractivity contribution in [3.8, 4) is 34.5 Å². The highest BCUT2D eigenvalue weighted by Gasteiger charge is 2.28. The number of methoxy groups -OCH3 is 1.